The van der Waals surface area contributed by atoms with Crippen molar-refractivity contribution in [3.8, 4) is 11.5 Å². The maximum absolute atomic E-state index is 13.0. The van der Waals surface area contributed by atoms with Gasteiger partial charge in [0.15, 0.2) is 0 Å². The van der Waals surface area contributed by atoms with Crippen molar-refractivity contribution < 1.29 is 29.0 Å². The number of benzene rings is 1. The number of β-lactam (4-membered cyclic amide) rings is 1. The molecule has 2 heterocycles. The Kier molecular flexibility index (Phi) is 5.10. The summed E-state index contributed by atoms with van der Waals surface area (Å²) in [7, 11) is 2.91. The Morgan fingerprint density at radius 1 is 1.17 bits per heavy atom. The molecular weight excluding hydrogens is 396 g/mol. The molecule has 0 bridgehead atoms. The zero-order chi connectivity index (χ0) is 20.8. The number of ether oxygens (including phenoxy) is 2. The van der Waals surface area contributed by atoms with Gasteiger partial charge in [-0.2, -0.15) is 0 Å². The largest absolute Gasteiger partial charge is 0.496 e. The van der Waals surface area contributed by atoms with Crippen LogP contribution >= 0.6 is 11.8 Å². The number of nitrogens with zero attached hydrogens (tertiary/aromatic N) is 1. The van der Waals surface area contributed by atoms with Crippen molar-refractivity contribution in [2.75, 3.05) is 14.2 Å². The monoisotopic (exact) mass is 420 g/mol. The standard InChI is InChI=1S/C20H24N2O6S/c1-27-11-7-6-8-12(28-2)13(11)16(23)21-14-17(24)22-15(19(25)26)20(29-18(14)22)9-4-3-5-10-20/h6-8,14-15,18H,3-5,9-10H2,1-2H3,(H,21,23)(H,25,26)/t14?,15?,18-/m0/s1. The van der Waals surface area contributed by atoms with E-state index in [2.05, 4.69) is 5.32 Å². The summed E-state index contributed by atoms with van der Waals surface area (Å²) in [5, 5.41) is 12.2. The van der Waals surface area contributed by atoms with Crippen LogP contribution in [0.25, 0.3) is 0 Å². The van der Waals surface area contributed by atoms with Crippen molar-refractivity contribution in [1.82, 2.24) is 10.2 Å². The van der Waals surface area contributed by atoms with Gasteiger partial charge in [-0.05, 0) is 25.0 Å². The lowest BCUT2D eigenvalue weighted by Crippen LogP contribution is -2.70. The first-order valence-electron chi connectivity index (χ1n) is 9.68. The summed E-state index contributed by atoms with van der Waals surface area (Å²) in [6.45, 7) is 0. The van der Waals surface area contributed by atoms with Gasteiger partial charge in [0.2, 0.25) is 5.91 Å². The Labute approximate surface area is 172 Å². The summed E-state index contributed by atoms with van der Waals surface area (Å²) in [5.74, 6) is -1.10. The lowest BCUT2D eigenvalue weighted by atomic mass is 9.81. The lowest BCUT2D eigenvalue weighted by molar-refractivity contribution is -0.160. The van der Waals surface area contributed by atoms with E-state index in [9.17, 15) is 19.5 Å². The molecule has 1 saturated carbocycles. The van der Waals surface area contributed by atoms with E-state index < -0.39 is 28.7 Å². The summed E-state index contributed by atoms with van der Waals surface area (Å²) >= 11 is 1.54. The Morgan fingerprint density at radius 3 is 2.34 bits per heavy atom. The highest BCUT2D eigenvalue weighted by Gasteiger charge is 2.67. The van der Waals surface area contributed by atoms with E-state index in [1.54, 1.807) is 18.2 Å². The van der Waals surface area contributed by atoms with E-state index >= 15 is 0 Å². The number of carbonyl (C=O) groups excluding carboxylic acids is 2. The second-order valence-electron chi connectivity index (χ2n) is 7.61. The zero-order valence-electron chi connectivity index (χ0n) is 16.3. The third-order valence-corrected chi connectivity index (χ3v) is 7.93. The van der Waals surface area contributed by atoms with Gasteiger partial charge in [-0.25, -0.2) is 4.79 Å². The average molecular weight is 420 g/mol. The van der Waals surface area contributed by atoms with Crippen LogP contribution in [0.2, 0.25) is 0 Å². The first-order valence-corrected chi connectivity index (χ1v) is 10.6. The van der Waals surface area contributed by atoms with Crippen LogP contribution in [0.4, 0.5) is 0 Å². The molecule has 2 unspecified atom stereocenters. The molecule has 3 atom stereocenters. The molecule has 1 aliphatic carbocycles. The maximum Gasteiger partial charge on any atom is 0.327 e. The van der Waals surface area contributed by atoms with E-state index in [0.717, 1.165) is 32.1 Å². The van der Waals surface area contributed by atoms with Crippen LogP contribution in [0.1, 0.15) is 42.5 Å². The fourth-order valence-corrected chi connectivity index (χ4v) is 6.76. The summed E-state index contributed by atoms with van der Waals surface area (Å²) in [6, 6.07) is 3.41. The van der Waals surface area contributed by atoms with Crippen molar-refractivity contribution in [3.63, 3.8) is 0 Å². The Bertz CT molecular complexity index is 831. The molecule has 2 N–H and O–H groups in total. The minimum atomic E-state index is -0.966. The van der Waals surface area contributed by atoms with Crippen LogP contribution in [-0.4, -0.2) is 64.2 Å². The zero-order valence-corrected chi connectivity index (χ0v) is 17.2. The number of aliphatic carboxylic acids is 1. The van der Waals surface area contributed by atoms with Gasteiger partial charge in [0.1, 0.15) is 34.5 Å². The Balaban J connectivity index is 1.58. The molecule has 1 aromatic carbocycles. The van der Waals surface area contributed by atoms with Crippen LogP contribution in [0.15, 0.2) is 18.2 Å². The topological polar surface area (TPSA) is 105 Å². The third kappa shape index (κ3) is 3.02. The van der Waals surface area contributed by atoms with Crippen LogP contribution in [0.5, 0.6) is 11.5 Å². The van der Waals surface area contributed by atoms with Crippen molar-refractivity contribution >= 4 is 29.5 Å². The first kappa shape index (κ1) is 19.9. The molecule has 0 aromatic heterocycles. The molecule has 3 aliphatic rings. The highest BCUT2D eigenvalue weighted by molar-refractivity contribution is 8.01. The van der Waals surface area contributed by atoms with E-state index in [4.69, 9.17) is 9.47 Å². The smallest absolute Gasteiger partial charge is 0.327 e. The van der Waals surface area contributed by atoms with Gasteiger partial charge in [0.05, 0.1) is 14.2 Å². The van der Waals surface area contributed by atoms with Gasteiger partial charge in [-0.1, -0.05) is 25.3 Å². The van der Waals surface area contributed by atoms with Crippen molar-refractivity contribution in [3.05, 3.63) is 23.8 Å². The van der Waals surface area contributed by atoms with Crippen molar-refractivity contribution in [1.29, 1.82) is 0 Å². The SMILES string of the molecule is COc1cccc(OC)c1C(=O)NC1C(=O)N2C(C(=O)O)C3(CCCCC3)S[C@@H]12. The second kappa shape index (κ2) is 7.44. The van der Waals surface area contributed by atoms with Crippen molar-refractivity contribution in [2.45, 2.75) is 54.3 Å². The number of hydrogen-bond acceptors (Lipinski definition) is 6. The van der Waals surface area contributed by atoms with E-state index in [-0.39, 0.29) is 16.8 Å². The van der Waals surface area contributed by atoms with Crippen LogP contribution < -0.4 is 14.8 Å². The number of nitrogens with one attached hydrogen (secondary N) is 1. The van der Waals surface area contributed by atoms with E-state index in [1.165, 1.54) is 30.9 Å². The highest BCUT2D eigenvalue weighted by atomic mass is 32.2. The number of thioether (sulfide) groups is 1. The minimum absolute atomic E-state index is 0.217. The molecule has 2 amide bonds. The second-order valence-corrected chi connectivity index (χ2v) is 9.14. The predicted molar refractivity (Wildman–Crippen MR) is 106 cm³/mol. The Hall–Kier alpha value is -2.42. The van der Waals surface area contributed by atoms with Gasteiger partial charge in [-0.15, -0.1) is 11.8 Å². The summed E-state index contributed by atoms with van der Waals surface area (Å²) < 4.78 is 10.1. The van der Waals surface area contributed by atoms with E-state index in [0.29, 0.717) is 11.5 Å². The molecule has 0 radical (unpaired) electrons. The Morgan fingerprint density at radius 2 is 1.79 bits per heavy atom. The number of carboxylic acid groups (broad SMARTS) is 1. The summed E-state index contributed by atoms with van der Waals surface area (Å²) in [5.41, 5.74) is 0.217. The molecule has 2 saturated heterocycles. The number of rotatable bonds is 5. The maximum atomic E-state index is 13.0. The van der Waals surface area contributed by atoms with Crippen molar-refractivity contribution in [2.24, 2.45) is 0 Å². The molecule has 8 nitrogen and oxygen atoms in total. The van der Waals surface area contributed by atoms with E-state index in [1.807, 2.05) is 0 Å². The van der Waals surface area contributed by atoms with Gasteiger partial charge >= 0.3 is 5.97 Å². The summed E-state index contributed by atoms with van der Waals surface area (Å²) in [4.78, 5) is 39.2. The average Bonchev–Trinajstić information content (AvgIpc) is 3.02. The quantitative estimate of drug-likeness (QED) is 0.701. The molecular formula is C20H24N2O6S. The molecule has 29 heavy (non-hydrogen) atoms. The lowest BCUT2D eigenvalue weighted by Gasteiger charge is -2.44. The number of carbonyl (C=O) groups is 3. The van der Waals surface area contributed by atoms with Gasteiger partial charge in [0, 0.05) is 4.75 Å². The number of carboxylic acids is 1. The molecule has 4 rings (SSSR count). The highest BCUT2D eigenvalue weighted by Crippen LogP contribution is 2.57. The number of fused-ring (bicyclic) bond motifs is 1. The number of hydrogen-bond donors (Lipinski definition) is 2. The first-order chi connectivity index (χ1) is 13.9. The van der Waals surface area contributed by atoms with Crippen LogP contribution in [-0.2, 0) is 9.59 Å². The van der Waals surface area contributed by atoms with Crippen LogP contribution in [0.3, 0.4) is 0 Å². The molecule has 3 fully saturated rings. The van der Waals surface area contributed by atoms with Gasteiger partial charge in [-0.3, -0.25) is 9.59 Å². The molecule has 1 spiro atoms. The van der Waals surface area contributed by atoms with Gasteiger partial charge < -0.3 is 24.8 Å². The van der Waals surface area contributed by atoms with Crippen LogP contribution in [0, 0.1) is 0 Å². The van der Waals surface area contributed by atoms with Gasteiger partial charge in [0.25, 0.3) is 5.91 Å². The fourth-order valence-electron chi connectivity index (χ4n) is 4.75. The summed E-state index contributed by atoms with van der Waals surface area (Å²) in [6.07, 6.45) is 4.55. The molecule has 156 valence electrons. The molecule has 9 heteroatoms. The molecule has 2 aliphatic heterocycles. The predicted octanol–water partition coefficient (Wildman–Crippen LogP) is 1.87. The minimum Gasteiger partial charge on any atom is -0.496 e. The number of methoxy groups -OCH3 is 2. The third-order valence-electron chi connectivity index (χ3n) is 6.09. The normalized spacial score (nSPS) is 27.2. The number of amides is 2. The fraction of sp³-hybridized carbons (Fsp3) is 0.550. The molecule has 1 aromatic rings.